The number of aromatic amines is 1. The average Bonchev–Trinajstić information content (AvgIpc) is 2.71. The predicted octanol–water partition coefficient (Wildman–Crippen LogP) is 3.07. The van der Waals surface area contributed by atoms with Crippen molar-refractivity contribution in [3.05, 3.63) is 56.7 Å². The standard InChI is InChI=1S/C22H32N4O3/c1-3-5-10-16-25(18(27)14-13-17-11-8-7-9-12-17)19-20(23)26(15-6-4-2)22(29)24-21(19)28/h7-9,11-12H,3-6,10,13-16,23H2,1-2H3,(H,24,28,29). The monoisotopic (exact) mass is 400 g/mol. The highest BCUT2D eigenvalue weighted by molar-refractivity contribution is 5.95. The second kappa shape index (κ2) is 11.2. The van der Waals surface area contributed by atoms with Gasteiger partial charge in [-0.15, -0.1) is 0 Å². The molecule has 0 aliphatic rings. The van der Waals surface area contributed by atoms with Crippen molar-refractivity contribution in [1.82, 2.24) is 9.55 Å². The summed E-state index contributed by atoms with van der Waals surface area (Å²) in [4.78, 5) is 41.7. The molecular formula is C22H32N4O3. The minimum atomic E-state index is -0.607. The van der Waals surface area contributed by atoms with Crippen LogP contribution in [0.25, 0.3) is 0 Å². The number of hydrogen-bond acceptors (Lipinski definition) is 4. The molecule has 0 radical (unpaired) electrons. The zero-order valence-corrected chi connectivity index (χ0v) is 17.4. The van der Waals surface area contributed by atoms with Crippen molar-refractivity contribution >= 4 is 17.4 Å². The first-order chi connectivity index (χ1) is 14.0. The van der Waals surface area contributed by atoms with E-state index in [4.69, 9.17) is 5.73 Å². The fourth-order valence-electron chi connectivity index (χ4n) is 3.29. The predicted molar refractivity (Wildman–Crippen MR) is 117 cm³/mol. The summed E-state index contributed by atoms with van der Waals surface area (Å²) in [5.74, 6) is -0.0976. The fraction of sp³-hybridized carbons (Fsp3) is 0.500. The van der Waals surface area contributed by atoms with Gasteiger partial charge in [0.05, 0.1) is 0 Å². The van der Waals surface area contributed by atoms with Gasteiger partial charge in [-0.25, -0.2) is 4.79 Å². The van der Waals surface area contributed by atoms with Crippen molar-refractivity contribution in [3.63, 3.8) is 0 Å². The number of nitrogens with one attached hydrogen (secondary N) is 1. The van der Waals surface area contributed by atoms with Crippen LogP contribution < -0.4 is 21.9 Å². The molecule has 1 amide bonds. The molecule has 0 aliphatic heterocycles. The van der Waals surface area contributed by atoms with E-state index < -0.39 is 11.2 Å². The van der Waals surface area contributed by atoms with E-state index in [1.54, 1.807) is 0 Å². The third-order valence-corrected chi connectivity index (χ3v) is 4.98. The largest absolute Gasteiger partial charge is 0.383 e. The Morgan fingerprint density at radius 2 is 1.76 bits per heavy atom. The maximum Gasteiger partial charge on any atom is 0.330 e. The lowest BCUT2D eigenvalue weighted by molar-refractivity contribution is -0.118. The summed E-state index contributed by atoms with van der Waals surface area (Å²) in [7, 11) is 0. The number of carbonyl (C=O) groups is 1. The molecule has 29 heavy (non-hydrogen) atoms. The second-order valence-electron chi connectivity index (χ2n) is 7.24. The second-order valence-corrected chi connectivity index (χ2v) is 7.24. The van der Waals surface area contributed by atoms with Crippen LogP contribution in [0.4, 0.5) is 11.5 Å². The van der Waals surface area contributed by atoms with Crippen LogP contribution in [0.3, 0.4) is 0 Å². The first-order valence-corrected chi connectivity index (χ1v) is 10.5. The summed E-state index contributed by atoms with van der Waals surface area (Å²) in [5.41, 5.74) is 6.24. The zero-order chi connectivity index (χ0) is 21.2. The Hall–Kier alpha value is -2.83. The lowest BCUT2D eigenvalue weighted by Crippen LogP contribution is -2.41. The number of aromatic nitrogens is 2. The first-order valence-electron chi connectivity index (χ1n) is 10.5. The summed E-state index contributed by atoms with van der Waals surface area (Å²) in [6.45, 7) is 4.90. The van der Waals surface area contributed by atoms with Crippen molar-refractivity contribution < 1.29 is 4.79 Å². The number of hydrogen-bond donors (Lipinski definition) is 2. The van der Waals surface area contributed by atoms with Gasteiger partial charge in [-0.2, -0.15) is 0 Å². The van der Waals surface area contributed by atoms with Crippen molar-refractivity contribution in [2.24, 2.45) is 0 Å². The average molecular weight is 401 g/mol. The number of nitrogens with two attached hydrogens (primary N) is 1. The summed E-state index contributed by atoms with van der Waals surface area (Å²) < 4.78 is 1.36. The highest BCUT2D eigenvalue weighted by Gasteiger charge is 2.23. The molecule has 0 fully saturated rings. The van der Waals surface area contributed by atoms with Gasteiger partial charge in [-0.3, -0.25) is 19.1 Å². The quantitative estimate of drug-likeness (QED) is 0.566. The first kappa shape index (κ1) is 22.5. The number of amides is 1. The molecule has 2 aromatic rings. The van der Waals surface area contributed by atoms with Crippen LogP contribution in [0.1, 0.15) is 57.9 Å². The molecule has 0 aliphatic carbocycles. The molecule has 1 aromatic carbocycles. The molecule has 0 bridgehead atoms. The van der Waals surface area contributed by atoms with Gasteiger partial charge >= 0.3 is 5.69 Å². The molecule has 1 aromatic heterocycles. The van der Waals surface area contributed by atoms with Gasteiger partial charge in [0.25, 0.3) is 5.56 Å². The lowest BCUT2D eigenvalue weighted by atomic mass is 10.1. The van der Waals surface area contributed by atoms with Crippen LogP contribution in [-0.4, -0.2) is 22.0 Å². The molecule has 0 unspecified atom stereocenters. The molecule has 158 valence electrons. The maximum atomic E-state index is 13.1. The molecule has 2 rings (SSSR count). The number of rotatable bonds is 11. The Morgan fingerprint density at radius 3 is 2.41 bits per heavy atom. The fourth-order valence-corrected chi connectivity index (χ4v) is 3.29. The lowest BCUT2D eigenvalue weighted by Gasteiger charge is -2.24. The molecule has 0 spiro atoms. The van der Waals surface area contributed by atoms with Crippen LogP contribution in [0.2, 0.25) is 0 Å². The number of aryl methyl sites for hydroxylation is 1. The van der Waals surface area contributed by atoms with E-state index in [9.17, 15) is 14.4 Å². The van der Waals surface area contributed by atoms with Crippen LogP contribution in [0.15, 0.2) is 39.9 Å². The normalized spacial score (nSPS) is 10.8. The Labute approximate surface area is 171 Å². The number of nitrogens with zero attached hydrogens (tertiary/aromatic N) is 2. The minimum Gasteiger partial charge on any atom is -0.383 e. The van der Waals surface area contributed by atoms with Crippen LogP contribution in [0, 0.1) is 0 Å². The van der Waals surface area contributed by atoms with E-state index in [2.05, 4.69) is 11.9 Å². The molecule has 0 saturated carbocycles. The highest BCUT2D eigenvalue weighted by atomic mass is 16.2. The van der Waals surface area contributed by atoms with E-state index in [0.29, 0.717) is 19.5 Å². The smallest absolute Gasteiger partial charge is 0.330 e. The number of H-pyrrole nitrogens is 1. The van der Waals surface area contributed by atoms with Crippen molar-refractivity contribution in [2.45, 2.75) is 65.3 Å². The molecule has 1 heterocycles. The van der Waals surface area contributed by atoms with E-state index in [1.165, 1.54) is 9.47 Å². The highest BCUT2D eigenvalue weighted by Crippen LogP contribution is 2.20. The molecule has 7 heteroatoms. The SMILES string of the molecule is CCCCCN(C(=O)CCc1ccccc1)c1c(N)n(CCCC)c(=O)[nH]c1=O. The Kier molecular flexibility index (Phi) is 8.70. The Balaban J connectivity index is 2.34. The zero-order valence-electron chi connectivity index (χ0n) is 17.4. The summed E-state index contributed by atoms with van der Waals surface area (Å²) in [5, 5.41) is 0. The van der Waals surface area contributed by atoms with E-state index in [-0.39, 0.29) is 23.8 Å². The number of benzene rings is 1. The molecular weight excluding hydrogens is 368 g/mol. The van der Waals surface area contributed by atoms with E-state index in [1.807, 2.05) is 37.3 Å². The summed E-state index contributed by atoms with van der Waals surface area (Å²) >= 11 is 0. The van der Waals surface area contributed by atoms with Gasteiger partial charge in [-0.1, -0.05) is 63.4 Å². The van der Waals surface area contributed by atoms with Gasteiger partial charge in [0, 0.05) is 19.5 Å². The van der Waals surface area contributed by atoms with Crippen molar-refractivity contribution in [3.8, 4) is 0 Å². The van der Waals surface area contributed by atoms with E-state index >= 15 is 0 Å². The van der Waals surface area contributed by atoms with Gasteiger partial charge < -0.3 is 10.6 Å². The summed E-state index contributed by atoms with van der Waals surface area (Å²) in [6.07, 6.45) is 5.19. The van der Waals surface area contributed by atoms with E-state index in [0.717, 1.165) is 37.7 Å². The molecule has 0 atom stereocenters. The minimum absolute atomic E-state index is 0.0664. The molecule has 0 saturated heterocycles. The topological polar surface area (TPSA) is 101 Å². The number of anilines is 2. The number of carbonyl (C=O) groups excluding carboxylic acids is 1. The number of nitrogen functional groups attached to an aromatic ring is 1. The van der Waals surface area contributed by atoms with Crippen molar-refractivity contribution in [2.75, 3.05) is 17.2 Å². The third-order valence-electron chi connectivity index (χ3n) is 4.98. The van der Waals surface area contributed by atoms with Crippen molar-refractivity contribution in [1.29, 1.82) is 0 Å². The number of unbranched alkanes of at least 4 members (excludes halogenated alkanes) is 3. The third kappa shape index (κ3) is 6.07. The van der Waals surface area contributed by atoms with Crippen LogP contribution in [0.5, 0.6) is 0 Å². The summed E-state index contributed by atoms with van der Waals surface area (Å²) in [6, 6.07) is 9.75. The maximum absolute atomic E-state index is 13.1. The van der Waals surface area contributed by atoms with Gasteiger partial charge in [0.15, 0.2) is 5.69 Å². The van der Waals surface area contributed by atoms with Crippen LogP contribution >= 0.6 is 0 Å². The van der Waals surface area contributed by atoms with Gasteiger partial charge in [0.1, 0.15) is 5.82 Å². The Morgan fingerprint density at radius 1 is 1.07 bits per heavy atom. The molecule has 3 N–H and O–H groups in total. The van der Waals surface area contributed by atoms with Crippen LogP contribution in [-0.2, 0) is 17.8 Å². The Bertz CT molecular complexity index is 903. The molecule has 7 nitrogen and oxygen atoms in total. The van der Waals surface area contributed by atoms with Gasteiger partial charge in [-0.05, 0) is 24.8 Å². The van der Waals surface area contributed by atoms with Gasteiger partial charge in [0.2, 0.25) is 5.91 Å².